The zero-order valence-electron chi connectivity index (χ0n) is 19.9. The second-order valence-electron chi connectivity index (χ2n) is 9.30. The van der Waals surface area contributed by atoms with Crippen LogP contribution in [0.4, 0.5) is 5.69 Å². The highest BCUT2D eigenvalue weighted by Gasteiger charge is 2.36. The van der Waals surface area contributed by atoms with Crippen LogP contribution in [0.5, 0.6) is 0 Å². The summed E-state index contributed by atoms with van der Waals surface area (Å²) in [6.45, 7) is 11.5. The molecule has 32 heavy (non-hydrogen) atoms. The molecule has 0 radical (unpaired) electrons. The van der Waals surface area contributed by atoms with Crippen molar-refractivity contribution in [3.8, 4) is 0 Å². The van der Waals surface area contributed by atoms with Crippen molar-refractivity contribution in [1.29, 1.82) is 0 Å². The molecule has 180 valence electrons. The molecule has 2 saturated heterocycles. The zero-order chi connectivity index (χ0) is 23.1. The van der Waals surface area contributed by atoms with Gasteiger partial charge in [0.1, 0.15) is 6.04 Å². The Labute approximate surface area is 194 Å². The molecular weight excluding hydrogens is 424 g/mol. The topological polar surface area (TPSA) is 73.0 Å². The number of aryl methyl sites for hydroxylation is 1. The van der Waals surface area contributed by atoms with E-state index >= 15 is 0 Å². The molecule has 0 spiro atoms. The average molecular weight is 465 g/mol. The number of amides is 1. The third kappa shape index (κ3) is 6.68. The second-order valence-corrected chi connectivity index (χ2v) is 11.3. The van der Waals surface area contributed by atoms with Gasteiger partial charge in [-0.25, -0.2) is 8.42 Å². The molecule has 0 bridgehead atoms. The molecular formula is C24H40N4O3S. The van der Waals surface area contributed by atoms with E-state index in [1.807, 2.05) is 13.8 Å². The molecule has 1 aromatic carbocycles. The van der Waals surface area contributed by atoms with E-state index in [9.17, 15) is 13.2 Å². The lowest BCUT2D eigenvalue weighted by atomic mass is 10.0. The van der Waals surface area contributed by atoms with Crippen LogP contribution in [0.15, 0.2) is 24.3 Å². The first kappa shape index (κ1) is 25.0. The van der Waals surface area contributed by atoms with Crippen molar-refractivity contribution < 1.29 is 13.2 Å². The van der Waals surface area contributed by atoms with Crippen LogP contribution in [-0.4, -0.2) is 80.6 Å². The van der Waals surface area contributed by atoms with Crippen LogP contribution in [0.25, 0.3) is 0 Å². The maximum Gasteiger partial charge on any atom is 0.238 e. The summed E-state index contributed by atoms with van der Waals surface area (Å²) in [5, 5.41) is 3.09. The Morgan fingerprint density at radius 3 is 2.59 bits per heavy atom. The van der Waals surface area contributed by atoms with E-state index in [1.54, 1.807) is 0 Å². The van der Waals surface area contributed by atoms with Crippen LogP contribution in [0.2, 0.25) is 0 Å². The summed E-state index contributed by atoms with van der Waals surface area (Å²) < 4.78 is 26.7. The van der Waals surface area contributed by atoms with E-state index in [1.165, 1.54) is 15.6 Å². The fourth-order valence-electron chi connectivity index (χ4n) is 4.72. The summed E-state index contributed by atoms with van der Waals surface area (Å²) in [7, 11) is -3.36. The summed E-state index contributed by atoms with van der Waals surface area (Å²) in [6, 6.07) is 8.12. The van der Waals surface area contributed by atoms with Gasteiger partial charge in [-0.05, 0) is 57.2 Å². The van der Waals surface area contributed by atoms with Gasteiger partial charge in [-0.3, -0.25) is 9.69 Å². The Balaban J connectivity index is 1.44. The average Bonchev–Trinajstić information content (AvgIpc) is 2.78. The van der Waals surface area contributed by atoms with Gasteiger partial charge in [0, 0.05) is 51.0 Å². The van der Waals surface area contributed by atoms with Crippen LogP contribution in [0.3, 0.4) is 0 Å². The van der Waals surface area contributed by atoms with Gasteiger partial charge in [-0.15, -0.1) is 0 Å². The molecule has 0 aromatic heterocycles. The fraction of sp³-hybridized carbons (Fsp3) is 0.708. The molecule has 2 unspecified atom stereocenters. The number of rotatable bonds is 9. The lowest BCUT2D eigenvalue weighted by Gasteiger charge is -2.37. The molecule has 7 nitrogen and oxygen atoms in total. The molecule has 2 aliphatic rings. The maximum atomic E-state index is 12.9. The molecule has 0 aliphatic carbocycles. The highest BCUT2D eigenvalue weighted by Crippen LogP contribution is 2.22. The molecule has 2 fully saturated rings. The summed E-state index contributed by atoms with van der Waals surface area (Å²) in [5.74, 6) is -0.0259. The molecule has 8 heteroatoms. The number of piperazine rings is 1. The molecule has 3 rings (SSSR count). The molecule has 2 aliphatic heterocycles. The van der Waals surface area contributed by atoms with Crippen molar-refractivity contribution in [1.82, 2.24) is 14.5 Å². The van der Waals surface area contributed by atoms with Crippen molar-refractivity contribution in [3.63, 3.8) is 0 Å². The normalized spacial score (nSPS) is 22.0. The van der Waals surface area contributed by atoms with E-state index < -0.39 is 16.1 Å². The zero-order valence-corrected chi connectivity index (χ0v) is 20.7. The smallest absolute Gasteiger partial charge is 0.238 e. The minimum Gasteiger partial charge on any atom is -0.369 e. The number of benzene rings is 1. The molecule has 1 N–H and O–H groups in total. The SMILES string of the molecule is CCCS(=O)(=O)N1CCCCC1C(=O)NC(C)CCN1CCN(c2cccc(C)c2)CC1. The third-order valence-electron chi connectivity index (χ3n) is 6.58. The van der Waals surface area contributed by atoms with Gasteiger partial charge in [-0.2, -0.15) is 4.31 Å². The van der Waals surface area contributed by atoms with Crippen molar-refractivity contribution in [2.75, 3.05) is 49.9 Å². The predicted molar refractivity (Wildman–Crippen MR) is 130 cm³/mol. The van der Waals surface area contributed by atoms with Crippen LogP contribution in [0, 0.1) is 6.92 Å². The highest BCUT2D eigenvalue weighted by molar-refractivity contribution is 7.89. The third-order valence-corrected chi connectivity index (χ3v) is 8.66. The predicted octanol–water partition coefficient (Wildman–Crippen LogP) is 2.61. The molecule has 2 atom stereocenters. The Kier molecular flexibility index (Phi) is 8.96. The molecule has 1 amide bonds. The summed E-state index contributed by atoms with van der Waals surface area (Å²) in [4.78, 5) is 17.8. The van der Waals surface area contributed by atoms with Gasteiger partial charge in [0.05, 0.1) is 5.75 Å². The van der Waals surface area contributed by atoms with Crippen molar-refractivity contribution in [3.05, 3.63) is 29.8 Å². The molecule has 1 aromatic rings. The number of nitrogens with one attached hydrogen (secondary N) is 1. The minimum atomic E-state index is -3.36. The second kappa shape index (κ2) is 11.5. The number of hydrogen-bond donors (Lipinski definition) is 1. The Hall–Kier alpha value is -1.64. The van der Waals surface area contributed by atoms with Gasteiger partial charge >= 0.3 is 0 Å². The Morgan fingerprint density at radius 2 is 1.91 bits per heavy atom. The fourth-order valence-corrected chi connectivity index (χ4v) is 6.46. The van der Waals surface area contributed by atoms with E-state index in [-0.39, 0.29) is 17.7 Å². The van der Waals surface area contributed by atoms with Gasteiger partial charge in [0.2, 0.25) is 15.9 Å². The number of carbonyl (C=O) groups is 1. The van der Waals surface area contributed by atoms with Gasteiger partial charge < -0.3 is 10.2 Å². The monoisotopic (exact) mass is 464 g/mol. The van der Waals surface area contributed by atoms with E-state index in [2.05, 4.69) is 46.3 Å². The summed E-state index contributed by atoms with van der Waals surface area (Å²) in [5.41, 5.74) is 2.58. The largest absolute Gasteiger partial charge is 0.369 e. The molecule has 2 heterocycles. The van der Waals surface area contributed by atoms with Crippen molar-refractivity contribution in [2.45, 2.75) is 65.0 Å². The Bertz CT molecular complexity index is 853. The van der Waals surface area contributed by atoms with Crippen LogP contribution < -0.4 is 10.2 Å². The number of sulfonamides is 1. The Morgan fingerprint density at radius 1 is 1.16 bits per heavy atom. The van der Waals surface area contributed by atoms with Crippen LogP contribution in [-0.2, 0) is 14.8 Å². The quantitative estimate of drug-likeness (QED) is 0.608. The number of nitrogens with zero attached hydrogens (tertiary/aromatic N) is 3. The number of hydrogen-bond acceptors (Lipinski definition) is 5. The van der Waals surface area contributed by atoms with Gasteiger partial charge in [-0.1, -0.05) is 25.5 Å². The van der Waals surface area contributed by atoms with Crippen LogP contribution >= 0.6 is 0 Å². The van der Waals surface area contributed by atoms with Crippen molar-refractivity contribution in [2.24, 2.45) is 0 Å². The highest BCUT2D eigenvalue weighted by atomic mass is 32.2. The first-order chi connectivity index (χ1) is 15.3. The first-order valence-electron chi connectivity index (χ1n) is 12.1. The molecule has 0 saturated carbocycles. The number of piperidine rings is 1. The van der Waals surface area contributed by atoms with Crippen molar-refractivity contribution >= 4 is 21.6 Å². The standard InChI is InChI=1S/C24H40N4O3S/c1-4-18-32(30,31)28-12-6-5-10-23(28)24(29)25-21(3)11-13-26-14-16-27(17-15-26)22-9-7-8-20(2)19-22/h7-9,19,21,23H,4-6,10-18H2,1-3H3,(H,25,29). The maximum absolute atomic E-state index is 12.9. The van der Waals surface area contributed by atoms with Gasteiger partial charge in [0.25, 0.3) is 0 Å². The first-order valence-corrected chi connectivity index (χ1v) is 13.7. The van der Waals surface area contributed by atoms with E-state index in [0.717, 1.165) is 52.0 Å². The van der Waals surface area contributed by atoms with Crippen LogP contribution in [0.1, 0.15) is 51.5 Å². The number of carbonyl (C=O) groups excluding carboxylic acids is 1. The van der Waals surface area contributed by atoms with E-state index in [0.29, 0.717) is 19.4 Å². The van der Waals surface area contributed by atoms with E-state index in [4.69, 9.17) is 0 Å². The summed E-state index contributed by atoms with van der Waals surface area (Å²) >= 11 is 0. The number of anilines is 1. The lowest BCUT2D eigenvalue weighted by molar-refractivity contribution is -0.126. The van der Waals surface area contributed by atoms with Gasteiger partial charge in [0.15, 0.2) is 0 Å². The lowest BCUT2D eigenvalue weighted by Crippen LogP contribution is -2.54. The summed E-state index contributed by atoms with van der Waals surface area (Å²) in [6.07, 6.45) is 3.78. The minimum absolute atomic E-state index is 0.0231.